The number of amides is 2. The third-order valence-electron chi connectivity index (χ3n) is 7.78. The number of ketones is 2. The highest BCUT2D eigenvalue weighted by Crippen LogP contribution is 2.54. The minimum Gasteiger partial charge on any atom is -0.510 e. The molecule has 3 unspecified atom stereocenters. The van der Waals surface area contributed by atoms with Crippen LogP contribution in [0.2, 0.25) is 0 Å². The summed E-state index contributed by atoms with van der Waals surface area (Å²) in [7, 11) is 0. The lowest BCUT2D eigenvalue weighted by Gasteiger charge is -2.48. The molecule has 12 nitrogen and oxygen atoms in total. The molecule has 5 rings (SSSR count). The van der Waals surface area contributed by atoms with Gasteiger partial charge < -0.3 is 36.6 Å². The van der Waals surface area contributed by atoms with Gasteiger partial charge in [0.15, 0.2) is 11.6 Å². The molecule has 208 valence electrons. The SMILES string of the molecule is C[C@H]1c2ccc(NC(=O)Oc3ccc(F)cc3)c(O)c2C(O)=C2C(=O)C3C(=O)C(C(N)=O)=C(O)[C@@H](N)C3[C@@H](O)C21. The molecule has 0 radical (unpaired) electrons. The maximum absolute atomic E-state index is 13.7. The van der Waals surface area contributed by atoms with Gasteiger partial charge in [0.25, 0.3) is 5.91 Å². The number of aliphatic hydroxyl groups is 3. The van der Waals surface area contributed by atoms with Crippen LogP contribution in [-0.2, 0) is 14.4 Å². The second-order valence-electron chi connectivity index (χ2n) is 9.90. The lowest BCUT2D eigenvalue weighted by Crippen LogP contribution is -2.60. The molecule has 3 aliphatic carbocycles. The highest BCUT2D eigenvalue weighted by molar-refractivity contribution is 6.28. The number of benzene rings is 2. The van der Waals surface area contributed by atoms with Gasteiger partial charge in [-0.15, -0.1) is 0 Å². The molecule has 0 spiro atoms. The van der Waals surface area contributed by atoms with Crippen molar-refractivity contribution in [3.63, 3.8) is 0 Å². The van der Waals surface area contributed by atoms with Crippen LogP contribution < -0.4 is 21.5 Å². The lowest BCUT2D eigenvalue weighted by molar-refractivity contribution is -0.141. The third kappa shape index (κ3) is 3.89. The van der Waals surface area contributed by atoms with Crippen molar-refractivity contribution < 1.29 is 48.7 Å². The van der Waals surface area contributed by atoms with Crippen LogP contribution in [-0.4, -0.2) is 56.1 Å². The van der Waals surface area contributed by atoms with Gasteiger partial charge in [-0.2, -0.15) is 0 Å². The Kier molecular flexibility index (Phi) is 6.35. The third-order valence-corrected chi connectivity index (χ3v) is 7.78. The molecule has 0 aromatic heterocycles. The second-order valence-corrected chi connectivity index (χ2v) is 9.90. The average molecular weight is 553 g/mol. The standard InChI is InChI=1S/C27H24FN3O9/c1-8-11-6-7-12(31-27(39)40-10-4-2-9(28)3-5-10)20(32)14(11)22(34)16-13(8)21(33)15-17(23(16)35)24(36)18(26(30)38)25(37)19(15)29/h2-8,13,15,17,19,21,32-34,37H,29H2,1H3,(H2,30,38)(H,31,39)/t8-,13?,15?,17?,19-,21-/m0/s1. The molecule has 1 fully saturated rings. The first-order valence-corrected chi connectivity index (χ1v) is 12.1. The van der Waals surface area contributed by atoms with Crippen molar-refractivity contribution in [1.29, 1.82) is 0 Å². The lowest BCUT2D eigenvalue weighted by atomic mass is 9.56. The molecule has 0 heterocycles. The number of hydrogen-bond acceptors (Lipinski definition) is 10. The number of carbonyl (C=O) groups excluding carboxylic acids is 4. The molecular weight excluding hydrogens is 529 g/mol. The Morgan fingerprint density at radius 3 is 2.30 bits per heavy atom. The quantitative estimate of drug-likeness (QED) is 0.165. The number of aromatic hydroxyl groups is 1. The predicted octanol–water partition coefficient (Wildman–Crippen LogP) is 1.53. The second kappa shape index (κ2) is 9.47. The molecule has 40 heavy (non-hydrogen) atoms. The van der Waals surface area contributed by atoms with E-state index in [4.69, 9.17) is 16.2 Å². The van der Waals surface area contributed by atoms with Crippen LogP contribution in [0.25, 0.3) is 5.76 Å². The summed E-state index contributed by atoms with van der Waals surface area (Å²) in [6.07, 6.45) is -2.57. The molecule has 2 amide bonds. The average Bonchev–Trinajstić information content (AvgIpc) is 2.89. The van der Waals surface area contributed by atoms with Gasteiger partial charge in [0, 0.05) is 17.4 Å². The van der Waals surface area contributed by atoms with Crippen molar-refractivity contribution in [2.24, 2.45) is 29.2 Å². The fourth-order valence-electron chi connectivity index (χ4n) is 5.94. The Bertz CT molecular complexity index is 1550. The zero-order valence-electron chi connectivity index (χ0n) is 20.8. The number of Topliss-reactive ketones (excluding diaryl/α,β-unsaturated/α-hetero) is 2. The molecule has 13 heteroatoms. The topological polar surface area (TPSA) is 222 Å². The highest BCUT2D eigenvalue weighted by atomic mass is 19.1. The number of anilines is 1. The number of ether oxygens (including phenoxy) is 1. The number of hydrogen-bond donors (Lipinski definition) is 7. The number of nitrogens with two attached hydrogens (primary N) is 2. The molecule has 9 N–H and O–H groups in total. The Morgan fingerprint density at radius 1 is 1.02 bits per heavy atom. The minimum atomic E-state index is -1.72. The largest absolute Gasteiger partial charge is 0.510 e. The zero-order valence-corrected chi connectivity index (χ0v) is 20.8. The molecule has 0 saturated heterocycles. The van der Waals surface area contributed by atoms with Crippen molar-refractivity contribution >= 4 is 35.0 Å². The molecule has 2 aromatic rings. The molecular formula is C27H24FN3O9. The van der Waals surface area contributed by atoms with E-state index in [-0.39, 0.29) is 22.6 Å². The van der Waals surface area contributed by atoms with E-state index in [1.807, 2.05) is 0 Å². The number of phenols is 1. The summed E-state index contributed by atoms with van der Waals surface area (Å²) in [4.78, 5) is 51.0. The van der Waals surface area contributed by atoms with Gasteiger partial charge in [-0.3, -0.25) is 19.7 Å². The number of fused-ring (bicyclic) bond motifs is 3. The Morgan fingerprint density at radius 2 is 1.68 bits per heavy atom. The smallest absolute Gasteiger partial charge is 0.417 e. The fourth-order valence-corrected chi connectivity index (χ4v) is 5.94. The summed E-state index contributed by atoms with van der Waals surface area (Å²) in [5.41, 5.74) is 9.93. The number of rotatable bonds is 3. The first kappa shape index (κ1) is 26.8. The normalized spacial score (nSPS) is 27.5. The van der Waals surface area contributed by atoms with E-state index in [1.165, 1.54) is 24.3 Å². The van der Waals surface area contributed by atoms with Crippen molar-refractivity contribution in [1.82, 2.24) is 0 Å². The summed E-state index contributed by atoms with van der Waals surface area (Å²) < 4.78 is 18.2. The molecule has 1 saturated carbocycles. The molecule has 0 bridgehead atoms. The Balaban J connectivity index is 1.55. The van der Waals surface area contributed by atoms with E-state index in [0.29, 0.717) is 5.56 Å². The molecule has 6 atom stereocenters. The van der Waals surface area contributed by atoms with Crippen molar-refractivity contribution in [2.45, 2.75) is 25.0 Å². The maximum Gasteiger partial charge on any atom is 0.417 e. The van der Waals surface area contributed by atoms with Gasteiger partial charge in [-0.05, 0) is 41.8 Å². The van der Waals surface area contributed by atoms with Crippen LogP contribution in [0.3, 0.4) is 0 Å². The minimum absolute atomic E-state index is 0.0138. The number of halogens is 1. The van der Waals surface area contributed by atoms with Gasteiger partial charge in [0.2, 0.25) is 0 Å². The zero-order chi connectivity index (χ0) is 29.2. The van der Waals surface area contributed by atoms with E-state index >= 15 is 0 Å². The van der Waals surface area contributed by atoms with Crippen LogP contribution in [0.15, 0.2) is 53.3 Å². The van der Waals surface area contributed by atoms with Crippen molar-refractivity contribution in [3.8, 4) is 11.5 Å². The van der Waals surface area contributed by atoms with Crippen LogP contribution >= 0.6 is 0 Å². The number of aliphatic hydroxyl groups excluding tert-OH is 3. The van der Waals surface area contributed by atoms with Crippen molar-refractivity contribution in [2.75, 3.05) is 5.32 Å². The van der Waals surface area contributed by atoms with Gasteiger partial charge in [-0.1, -0.05) is 13.0 Å². The summed E-state index contributed by atoms with van der Waals surface area (Å²) in [6, 6.07) is 5.89. The molecule has 0 aliphatic heterocycles. The molecule has 3 aliphatic rings. The highest BCUT2D eigenvalue weighted by Gasteiger charge is 2.59. The fraction of sp³-hybridized carbons (Fsp3) is 0.259. The van der Waals surface area contributed by atoms with Crippen molar-refractivity contribution in [3.05, 3.63) is 70.2 Å². The molecule has 2 aromatic carbocycles. The van der Waals surface area contributed by atoms with Crippen LogP contribution in [0.5, 0.6) is 11.5 Å². The van der Waals surface area contributed by atoms with Gasteiger partial charge in [0.05, 0.1) is 29.3 Å². The Hall–Kier alpha value is -4.75. The summed E-state index contributed by atoms with van der Waals surface area (Å²) in [6.45, 7) is 1.61. The first-order valence-electron chi connectivity index (χ1n) is 12.1. The van der Waals surface area contributed by atoms with E-state index in [9.17, 15) is 44.0 Å². The van der Waals surface area contributed by atoms with Crippen LogP contribution in [0, 0.1) is 23.6 Å². The van der Waals surface area contributed by atoms with Gasteiger partial charge >= 0.3 is 6.09 Å². The number of primary amides is 1. The van der Waals surface area contributed by atoms with Crippen LogP contribution in [0.4, 0.5) is 14.9 Å². The first-order chi connectivity index (χ1) is 18.8. The number of carbonyl (C=O) groups is 4. The van der Waals surface area contributed by atoms with E-state index in [0.717, 1.165) is 12.1 Å². The predicted molar refractivity (Wildman–Crippen MR) is 135 cm³/mol. The summed E-state index contributed by atoms with van der Waals surface area (Å²) >= 11 is 0. The number of phenolic OH excluding ortho intramolecular Hbond substituents is 1. The van der Waals surface area contributed by atoms with Crippen LogP contribution in [0.1, 0.15) is 24.0 Å². The monoisotopic (exact) mass is 553 g/mol. The maximum atomic E-state index is 13.7. The Labute approximate surface area is 225 Å². The van der Waals surface area contributed by atoms with E-state index in [2.05, 4.69) is 5.32 Å². The van der Waals surface area contributed by atoms with E-state index in [1.54, 1.807) is 6.92 Å². The summed E-state index contributed by atoms with van der Waals surface area (Å²) in [5.74, 6) is -11.0. The summed E-state index contributed by atoms with van der Waals surface area (Å²) in [5, 5.41) is 46.3. The number of nitrogens with one attached hydrogen (secondary N) is 1. The van der Waals surface area contributed by atoms with E-state index < -0.39 is 88.0 Å². The van der Waals surface area contributed by atoms with Gasteiger partial charge in [0.1, 0.15) is 34.4 Å². The van der Waals surface area contributed by atoms with Gasteiger partial charge in [-0.25, -0.2) is 9.18 Å².